The topological polar surface area (TPSA) is 72.2 Å². The second-order valence-corrected chi connectivity index (χ2v) is 3.64. The van der Waals surface area contributed by atoms with Crippen molar-refractivity contribution in [2.75, 3.05) is 0 Å². The van der Waals surface area contributed by atoms with Gasteiger partial charge in [0.1, 0.15) is 5.54 Å². The van der Waals surface area contributed by atoms with E-state index in [0.29, 0.717) is 6.42 Å². The molecule has 0 unspecified atom stereocenters. The monoisotopic (exact) mass is 186 g/mol. The summed E-state index contributed by atoms with van der Waals surface area (Å²) in [5.74, 6) is -0.636. The van der Waals surface area contributed by atoms with Crippen molar-refractivity contribution < 1.29 is 9.59 Å². The summed E-state index contributed by atoms with van der Waals surface area (Å²) in [5, 5.41) is 2.58. The molecule has 2 amide bonds. The molecule has 4 nitrogen and oxygen atoms in total. The molecule has 76 valence electrons. The maximum atomic E-state index is 11.2. The lowest BCUT2D eigenvalue weighted by atomic mass is 10.0. The van der Waals surface area contributed by atoms with Crippen LogP contribution in [0, 0.1) is 0 Å². The van der Waals surface area contributed by atoms with Gasteiger partial charge in [-0.2, -0.15) is 0 Å². The van der Waals surface area contributed by atoms with Gasteiger partial charge < -0.3 is 11.1 Å². The maximum absolute atomic E-state index is 11.2. The van der Waals surface area contributed by atoms with Gasteiger partial charge in [-0.3, -0.25) is 9.59 Å². The summed E-state index contributed by atoms with van der Waals surface area (Å²) in [7, 11) is 0. The lowest BCUT2D eigenvalue weighted by Gasteiger charge is -2.22. The molecule has 0 aromatic rings. The van der Waals surface area contributed by atoms with Crippen molar-refractivity contribution in [1.29, 1.82) is 0 Å². The van der Waals surface area contributed by atoms with Crippen molar-refractivity contribution in [2.45, 2.75) is 45.6 Å². The van der Waals surface area contributed by atoms with Gasteiger partial charge in [0.25, 0.3) is 0 Å². The molecule has 0 heterocycles. The average molecular weight is 186 g/mol. The molecule has 4 heteroatoms. The van der Waals surface area contributed by atoms with Crippen LogP contribution < -0.4 is 11.1 Å². The van der Waals surface area contributed by atoms with Crippen LogP contribution in [-0.2, 0) is 9.59 Å². The van der Waals surface area contributed by atoms with Crippen LogP contribution in [0.2, 0.25) is 0 Å². The smallest absolute Gasteiger partial charge is 0.242 e. The number of primary amides is 1. The number of hydrogen-bond acceptors (Lipinski definition) is 2. The molecular formula is C9H18N2O2. The van der Waals surface area contributed by atoms with Gasteiger partial charge in [0.15, 0.2) is 0 Å². The number of nitrogens with two attached hydrogens (primary N) is 1. The van der Waals surface area contributed by atoms with Gasteiger partial charge in [0.05, 0.1) is 0 Å². The minimum atomic E-state index is -0.940. The Kier molecular flexibility index (Phi) is 4.45. The quantitative estimate of drug-likeness (QED) is 0.658. The number of nitrogens with one attached hydrogen (secondary N) is 1. The van der Waals surface area contributed by atoms with E-state index in [-0.39, 0.29) is 5.91 Å². The van der Waals surface area contributed by atoms with Gasteiger partial charge >= 0.3 is 0 Å². The maximum Gasteiger partial charge on any atom is 0.242 e. The van der Waals surface area contributed by atoms with Crippen LogP contribution in [0.4, 0.5) is 0 Å². The first kappa shape index (κ1) is 11.9. The number of unbranched alkanes of at least 4 members (excludes halogenated alkanes) is 1. The van der Waals surface area contributed by atoms with E-state index in [2.05, 4.69) is 5.32 Å². The Labute approximate surface area is 78.9 Å². The first-order valence-corrected chi connectivity index (χ1v) is 4.51. The van der Waals surface area contributed by atoms with Gasteiger partial charge in [0, 0.05) is 6.42 Å². The van der Waals surface area contributed by atoms with E-state index in [9.17, 15) is 9.59 Å². The zero-order valence-corrected chi connectivity index (χ0v) is 8.52. The molecule has 3 N–H and O–H groups in total. The van der Waals surface area contributed by atoms with Crippen molar-refractivity contribution in [1.82, 2.24) is 5.32 Å². The summed E-state index contributed by atoms with van der Waals surface area (Å²) in [4.78, 5) is 22.0. The third-order valence-corrected chi connectivity index (χ3v) is 1.83. The highest BCUT2D eigenvalue weighted by atomic mass is 16.2. The molecule has 13 heavy (non-hydrogen) atoms. The summed E-state index contributed by atoms with van der Waals surface area (Å²) in [6.07, 6.45) is 2.25. The van der Waals surface area contributed by atoms with E-state index in [1.165, 1.54) is 0 Å². The molecule has 0 aliphatic rings. The highest BCUT2D eigenvalue weighted by Gasteiger charge is 2.26. The molecule has 0 aliphatic carbocycles. The molecule has 0 fully saturated rings. The van der Waals surface area contributed by atoms with Crippen LogP contribution in [-0.4, -0.2) is 17.4 Å². The van der Waals surface area contributed by atoms with Crippen LogP contribution in [0.15, 0.2) is 0 Å². The summed E-state index contributed by atoms with van der Waals surface area (Å²) < 4.78 is 0. The minimum absolute atomic E-state index is 0.120. The molecule has 0 saturated heterocycles. The number of rotatable bonds is 5. The largest absolute Gasteiger partial charge is 0.368 e. The summed E-state index contributed by atoms with van der Waals surface area (Å²) in [5.41, 5.74) is 4.15. The first-order chi connectivity index (χ1) is 5.90. The number of carbonyl (C=O) groups is 2. The molecule has 0 aromatic heterocycles. The molecule has 0 spiro atoms. The fourth-order valence-electron chi connectivity index (χ4n) is 0.810. The van der Waals surface area contributed by atoms with Crippen molar-refractivity contribution in [3.63, 3.8) is 0 Å². The van der Waals surface area contributed by atoms with Crippen molar-refractivity contribution in [3.8, 4) is 0 Å². The van der Waals surface area contributed by atoms with Crippen molar-refractivity contribution in [3.05, 3.63) is 0 Å². The SMILES string of the molecule is CCCCC(=O)NC(C)(C)C(N)=O. The Morgan fingerprint density at radius 2 is 1.92 bits per heavy atom. The summed E-state index contributed by atoms with van der Waals surface area (Å²) >= 11 is 0. The van der Waals surface area contributed by atoms with Crippen molar-refractivity contribution in [2.24, 2.45) is 5.73 Å². The Morgan fingerprint density at radius 1 is 1.38 bits per heavy atom. The fraction of sp³-hybridized carbons (Fsp3) is 0.778. The molecule has 0 rings (SSSR count). The van der Waals surface area contributed by atoms with E-state index < -0.39 is 11.4 Å². The third-order valence-electron chi connectivity index (χ3n) is 1.83. The van der Waals surface area contributed by atoms with Crippen LogP contribution >= 0.6 is 0 Å². The molecule has 0 aromatic carbocycles. The second kappa shape index (κ2) is 4.84. The van der Waals surface area contributed by atoms with Crippen LogP contribution in [0.25, 0.3) is 0 Å². The summed E-state index contributed by atoms with van der Waals surface area (Å²) in [6.45, 7) is 5.20. The Bertz CT molecular complexity index is 200. The fourth-order valence-corrected chi connectivity index (χ4v) is 0.810. The molecule has 0 saturated carbocycles. The third kappa shape index (κ3) is 4.50. The Hall–Kier alpha value is -1.06. The van der Waals surface area contributed by atoms with Gasteiger partial charge in [-0.25, -0.2) is 0 Å². The Balaban J connectivity index is 3.97. The predicted octanol–water partition coefficient (Wildman–Crippen LogP) is 0.557. The lowest BCUT2D eigenvalue weighted by Crippen LogP contribution is -2.52. The molecule has 0 radical (unpaired) electrons. The lowest BCUT2D eigenvalue weighted by molar-refractivity contribution is -0.130. The average Bonchev–Trinajstić information content (AvgIpc) is 1.99. The molecule has 0 aliphatic heterocycles. The van der Waals surface area contributed by atoms with Gasteiger partial charge in [-0.05, 0) is 20.3 Å². The highest BCUT2D eigenvalue weighted by molar-refractivity contribution is 5.89. The van der Waals surface area contributed by atoms with Crippen LogP contribution in [0.1, 0.15) is 40.0 Å². The predicted molar refractivity (Wildman–Crippen MR) is 50.9 cm³/mol. The first-order valence-electron chi connectivity index (χ1n) is 4.51. The van der Waals surface area contributed by atoms with Gasteiger partial charge in [-0.1, -0.05) is 13.3 Å². The summed E-state index contributed by atoms with van der Waals surface area (Å²) in [6, 6.07) is 0. The van der Waals surface area contributed by atoms with E-state index in [4.69, 9.17) is 5.73 Å². The highest BCUT2D eigenvalue weighted by Crippen LogP contribution is 2.02. The van der Waals surface area contributed by atoms with E-state index in [0.717, 1.165) is 12.8 Å². The van der Waals surface area contributed by atoms with Crippen molar-refractivity contribution >= 4 is 11.8 Å². The molecule has 0 atom stereocenters. The van der Waals surface area contributed by atoms with E-state index >= 15 is 0 Å². The standard InChI is InChI=1S/C9H18N2O2/c1-4-5-6-7(12)11-9(2,3)8(10)13/h4-6H2,1-3H3,(H2,10,13)(H,11,12). The minimum Gasteiger partial charge on any atom is -0.368 e. The van der Waals surface area contributed by atoms with E-state index in [1.807, 2.05) is 6.92 Å². The normalized spacial score (nSPS) is 11.0. The van der Waals surface area contributed by atoms with Crippen LogP contribution in [0.5, 0.6) is 0 Å². The van der Waals surface area contributed by atoms with E-state index in [1.54, 1.807) is 13.8 Å². The van der Waals surface area contributed by atoms with Crippen LogP contribution in [0.3, 0.4) is 0 Å². The zero-order chi connectivity index (χ0) is 10.5. The number of carbonyl (C=O) groups excluding carboxylic acids is 2. The van der Waals surface area contributed by atoms with Gasteiger partial charge in [0.2, 0.25) is 11.8 Å². The zero-order valence-electron chi connectivity index (χ0n) is 8.52. The Morgan fingerprint density at radius 3 is 2.31 bits per heavy atom. The second-order valence-electron chi connectivity index (χ2n) is 3.64. The number of amides is 2. The van der Waals surface area contributed by atoms with Gasteiger partial charge in [-0.15, -0.1) is 0 Å². The molecule has 0 bridgehead atoms. The molecular weight excluding hydrogens is 168 g/mol. The number of hydrogen-bond donors (Lipinski definition) is 2.